The number of amides is 1. The molecule has 2 aliphatic rings. The highest BCUT2D eigenvalue weighted by Crippen LogP contribution is 2.35. The summed E-state index contributed by atoms with van der Waals surface area (Å²) < 4.78 is 38.7. The molecule has 3 rings (SSSR count). The van der Waals surface area contributed by atoms with Crippen molar-refractivity contribution in [2.75, 3.05) is 25.0 Å². The molecule has 138 valence electrons. The van der Waals surface area contributed by atoms with Gasteiger partial charge in [0.05, 0.1) is 10.0 Å². The van der Waals surface area contributed by atoms with Gasteiger partial charge >= 0.3 is 6.18 Å². The number of carbonyl (C=O) groups excluding carboxylic acids is 1. The van der Waals surface area contributed by atoms with Crippen LogP contribution in [0.15, 0.2) is 16.7 Å². The molecule has 1 aromatic heterocycles. The number of nitrogens with zero attached hydrogens (tertiary/aromatic N) is 3. The van der Waals surface area contributed by atoms with Crippen LogP contribution in [-0.2, 0) is 11.0 Å². The molecule has 1 aromatic rings. The summed E-state index contributed by atoms with van der Waals surface area (Å²) in [6.45, 7) is 1.31. The normalized spacial score (nSPS) is 21.8. The van der Waals surface area contributed by atoms with Gasteiger partial charge in [-0.2, -0.15) is 13.2 Å². The van der Waals surface area contributed by atoms with E-state index in [0.29, 0.717) is 16.8 Å². The molecule has 0 bridgehead atoms. The summed E-state index contributed by atoms with van der Waals surface area (Å²) >= 11 is 3.22. The van der Waals surface area contributed by atoms with Crippen molar-refractivity contribution in [1.29, 1.82) is 0 Å². The summed E-state index contributed by atoms with van der Waals surface area (Å²) in [5.41, 5.74) is -0.769. The van der Waals surface area contributed by atoms with Gasteiger partial charge in [0.15, 0.2) is 0 Å². The largest absolute Gasteiger partial charge is 0.417 e. The predicted octanol–water partition coefficient (Wildman–Crippen LogP) is 4.09. The van der Waals surface area contributed by atoms with Gasteiger partial charge in [-0.1, -0.05) is 6.42 Å². The molecule has 0 radical (unpaired) electrons. The summed E-state index contributed by atoms with van der Waals surface area (Å²) in [5.74, 6) is 0.844. The van der Waals surface area contributed by atoms with Crippen molar-refractivity contribution in [1.82, 2.24) is 9.88 Å². The molecule has 1 aliphatic carbocycles. The van der Waals surface area contributed by atoms with Gasteiger partial charge in [-0.05, 0) is 47.7 Å². The molecule has 1 saturated carbocycles. The number of halogens is 4. The van der Waals surface area contributed by atoms with E-state index in [1.165, 1.54) is 0 Å². The van der Waals surface area contributed by atoms with Crippen LogP contribution in [0, 0.1) is 5.92 Å². The minimum absolute atomic E-state index is 0.0674. The Balaban J connectivity index is 1.71. The van der Waals surface area contributed by atoms with Gasteiger partial charge in [-0.25, -0.2) is 4.98 Å². The van der Waals surface area contributed by atoms with E-state index in [4.69, 9.17) is 0 Å². The molecule has 0 N–H and O–H groups in total. The maximum Gasteiger partial charge on any atom is 0.417 e. The maximum atomic E-state index is 12.8. The Morgan fingerprint density at radius 2 is 2.04 bits per heavy atom. The van der Waals surface area contributed by atoms with Crippen LogP contribution in [0.4, 0.5) is 19.0 Å². The number of piperidine rings is 1. The zero-order valence-corrected chi connectivity index (χ0v) is 15.6. The molecule has 4 nitrogen and oxygen atoms in total. The second-order valence-corrected chi connectivity index (χ2v) is 7.70. The van der Waals surface area contributed by atoms with Gasteiger partial charge in [0, 0.05) is 38.3 Å². The third kappa shape index (κ3) is 3.93. The van der Waals surface area contributed by atoms with Crippen LogP contribution in [0.1, 0.15) is 37.7 Å². The Morgan fingerprint density at radius 1 is 1.32 bits per heavy atom. The Bertz CT molecular complexity index is 649. The van der Waals surface area contributed by atoms with Crippen molar-refractivity contribution >= 4 is 27.7 Å². The van der Waals surface area contributed by atoms with Crippen LogP contribution in [0.3, 0.4) is 0 Å². The van der Waals surface area contributed by atoms with E-state index >= 15 is 0 Å². The van der Waals surface area contributed by atoms with E-state index in [1.807, 2.05) is 16.8 Å². The van der Waals surface area contributed by atoms with Crippen LogP contribution in [0.25, 0.3) is 0 Å². The zero-order valence-electron chi connectivity index (χ0n) is 14.0. The lowest BCUT2D eigenvalue weighted by Gasteiger charge is -2.40. The topological polar surface area (TPSA) is 36.4 Å². The smallest absolute Gasteiger partial charge is 0.354 e. The van der Waals surface area contributed by atoms with Crippen molar-refractivity contribution in [2.24, 2.45) is 5.92 Å². The first-order valence-corrected chi connectivity index (χ1v) is 9.31. The number of pyridine rings is 1. The SMILES string of the molecule is CN(C(=O)C1CCC1)C1CCCN(c2ncc(C(F)(F)F)cc2Br)C1. The molecule has 1 saturated heterocycles. The first kappa shape index (κ1) is 18.5. The number of aromatic nitrogens is 1. The Morgan fingerprint density at radius 3 is 2.60 bits per heavy atom. The quantitative estimate of drug-likeness (QED) is 0.739. The minimum atomic E-state index is -4.41. The average molecular weight is 420 g/mol. The van der Waals surface area contributed by atoms with Gasteiger partial charge in [0.25, 0.3) is 0 Å². The van der Waals surface area contributed by atoms with Gasteiger partial charge in [-0.15, -0.1) is 0 Å². The number of likely N-dealkylation sites (N-methyl/N-ethyl adjacent to an activating group) is 1. The van der Waals surface area contributed by atoms with Crippen molar-refractivity contribution in [3.63, 3.8) is 0 Å². The highest BCUT2D eigenvalue weighted by atomic mass is 79.9. The molecule has 0 aromatic carbocycles. The Kier molecular flexibility index (Phi) is 5.27. The van der Waals surface area contributed by atoms with E-state index in [1.54, 1.807) is 0 Å². The van der Waals surface area contributed by atoms with Gasteiger partial charge < -0.3 is 9.80 Å². The molecular weight excluding hydrogens is 399 g/mol. The molecule has 0 spiro atoms. The van der Waals surface area contributed by atoms with Gasteiger partial charge in [-0.3, -0.25) is 4.79 Å². The van der Waals surface area contributed by atoms with Crippen molar-refractivity contribution < 1.29 is 18.0 Å². The fourth-order valence-electron chi connectivity index (χ4n) is 3.40. The van der Waals surface area contributed by atoms with E-state index in [2.05, 4.69) is 20.9 Å². The Labute approximate surface area is 153 Å². The second kappa shape index (κ2) is 7.13. The standard InChI is InChI=1S/C17H21BrF3N3O/c1-23(16(25)11-4-2-5-11)13-6-3-7-24(10-13)15-14(18)8-12(9-22-15)17(19,20)21/h8-9,11,13H,2-7,10H2,1H3. The summed E-state index contributed by atoms with van der Waals surface area (Å²) in [6, 6.07) is 1.13. The van der Waals surface area contributed by atoms with E-state index < -0.39 is 11.7 Å². The number of carbonyl (C=O) groups is 1. The van der Waals surface area contributed by atoms with E-state index in [-0.39, 0.29) is 17.9 Å². The fourth-order valence-corrected chi connectivity index (χ4v) is 4.00. The van der Waals surface area contributed by atoms with Crippen LogP contribution < -0.4 is 4.90 Å². The molecule has 2 fully saturated rings. The molecule has 8 heteroatoms. The van der Waals surface area contributed by atoms with E-state index in [0.717, 1.165) is 50.9 Å². The van der Waals surface area contributed by atoms with Crippen LogP contribution >= 0.6 is 15.9 Å². The molecule has 1 unspecified atom stereocenters. The maximum absolute atomic E-state index is 12.8. The summed E-state index contributed by atoms with van der Waals surface area (Å²) in [5, 5.41) is 0. The minimum Gasteiger partial charge on any atom is -0.354 e. The van der Waals surface area contributed by atoms with Crippen LogP contribution in [0.2, 0.25) is 0 Å². The molecule has 1 aliphatic heterocycles. The molecule has 2 heterocycles. The average Bonchev–Trinajstić information content (AvgIpc) is 2.51. The number of hydrogen-bond donors (Lipinski definition) is 0. The van der Waals surface area contributed by atoms with Crippen LogP contribution in [-0.4, -0.2) is 42.0 Å². The fraction of sp³-hybridized carbons (Fsp3) is 0.647. The second-order valence-electron chi connectivity index (χ2n) is 6.85. The number of rotatable bonds is 3. The number of alkyl halides is 3. The van der Waals surface area contributed by atoms with Crippen LogP contribution in [0.5, 0.6) is 0 Å². The Hall–Kier alpha value is -1.31. The summed E-state index contributed by atoms with van der Waals surface area (Å²) in [4.78, 5) is 20.3. The molecule has 1 atom stereocenters. The first-order valence-electron chi connectivity index (χ1n) is 8.51. The molecule has 25 heavy (non-hydrogen) atoms. The van der Waals surface area contributed by atoms with Gasteiger partial charge in [0.2, 0.25) is 5.91 Å². The third-order valence-corrected chi connectivity index (χ3v) is 5.78. The number of hydrogen-bond acceptors (Lipinski definition) is 3. The highest BCUT2D eigenvalue weighted by Gasteiger charge is 2.35. The van der Waals surface area contributed by atoms with Crippen molar-refractivity contribution in [3.05, 3.63) is 22.3 Å². The van der Waals surface area contributed by atoms with Gasteiger partial charge in [0.1, 0.15) is 5.82 Å². The summed E-state index contributed by atoms with van der Waals surface area (Å²) in [7, 11) is 1.84. The van der Waals surface area contributed by atoms with Crippen molar-refractivity contribution in [2.45, 2.75) is 44.3 Å². The van der Waals surface area contributed by atoms with E-state index in [9.17, 15) is 18.0 Å². The lowest BCUT2D eigenvalue weighted by Crippen LogP contribution is -2.51. The first-order chi connectivity index (χ1) is 11.8. The monoisotopic (exact) mass is 419 g/mol. The lowest BCUT2D eigenvalue weighted by molar-refractivity contribution is -0.139. The third-order valence-electron chi connectivity index (χ3n) is 5.19. The zero-order chi connectivity index (χ0) is 18.2. The molecular formula is C17H21BrF3N3O. The summed E-state index contributed by atoms with van der Waals surface area (Å²) in [6.07, 6.45) is 1.29. The number of anilines is 1. The predicted molar refractivity (Wildman–Crippen MR) is 92.3 cm³/mol. The van der Waals surface area contributed by atoms with Crippen molar-refractivity contribution in [3.8, 4) is 0 Å². The lowest BCUT2D eigenvalue weighted by atomic mass is 9.84. The highest BCUT2D eigenvalue weighted by molar-refractivity contribution is 9.10. The molecule has 1 amide bonds.